The van der Waals surface area contributed by atoms with Gasteiger partial charge >= 0.3 is 0 Å². The summed E-state index contributed by atoms with van der Waals surface area (Å²) in [5.41, 5.74) is 0.296. The standard InChI is InChI=1S/C9H14O2/c1-7(10)8-5-9(8)3-2-4-11-6-9/h8H,2-6H2,1H3. The summed E-state index contributed by atoms with van der Waals surface area (Å²) >= 11 is 0. The van der Waals surface area contributed by atoms with Gasteiger partial charge in [-0.25, -0.2) is 0 Å². The van der Waals surface area contributed by atoms with Crippen LogP contribution in [0.3, 0.4) is 0 Å². The SMILES string of the molecule is CC(=O)C1CC12CCCOC2. The topological polar surface area (TPSA) is 26.3 Å². The van der Waals surface area contributed by atoms with E-state index in [2.05, 4.69) is 0 Å². The van der Waals surface area contributed by atoms with Crippen molar-refractivity contribution in [3.05, 3.63) is 0 Å². The maximum absolute atomic E-state index is 11.0. The normalized spacial score (nSPS) is 42.5. The van der Waals surface area contributed by atoms with Gasteiger partial charge in [0.25, 0.3) is 0 Å². The molecule has 2 aliphatic rings. The van der Waals surface area contributed by atoms with Crippen LogP contribution in [-0.2, 0) is 9.53 Å². The lowest BCUT2D eigenvalue weighted by Gasteiger charge is -2.22. The highest BCUT2D eigenvalue weighted by atomic mass is 16.5. The van der Waals surface area contributed by atoms with E-state index in [1.807, 2.05) is 0 Å². The molecule has 1 aliphatic heterocycles. The van der Waals surface area contributed by atoms with E-state index in [1.54, 1.807) is 6.92 Å². The summed E-state index contributed by atoms with van der Waals surface area (Å²) in [6.07, 6.45) is 3.43. The molecule has 0 aromatic heterocycles. The Labute approximate surface area is 66.9 Å². The zero-order chi connectivity index (χ0) is 7.90. The highest BCUT2D eigenvalue weighted by Crippen LogP contribution is 2.57. The van der Waals surface area contributed by atoms with E-state index in [9.17, 15) is 4.79 Å². The molecule has 0 N–H and O–H groups in total. The van der Waals surface area contributed by atoms with Crippen molar-refractivity contribution in [3.8, 4) is 0 Å². The monoisotopic (exact) mass is 154 g/mol. The van der Waals surface area contributed by atoms with Gasteiger partial charge in [0.1, 0.15) is 5.78 Å². The van der Waals surface area contributed by atoms with Crippen molar-refractivity contribution in [1.82, 2.24) is 0 Å². The lowest BCUT2D eigenvalue weighted by molar-refractivity contribution is -0.119. The molecule has 2 atom stereocenters. The molecular weight excluding hydrogens is 140 g/mol. The second kappa shape index (κ2) is 2.31. The molecule has 62 valence electrons. The van der Waals surface area contributed by atoms with E-state index in [1.165, 1.54) is 6.42 Å². The Kier molecular flexibility index (Phi) is 1.53. The number of ether oxygens (including phenoxy) is 1. The van der Waals surface area contributed by atoms with Gasteiger partial charge in [0.2, 0.25) is 0 Å². The van der Waals surface area contributed by atoms with Gasteiger partial charge < -0.3 is 4.74 Å². The predicted octanol–water partition coefficient (Wildman–Crippen LogP) is 1.39. The Bertz CT molecular complexity index is 180. The molecule has 2 heteroatoms. The van der Waals surface area contributed by atoms with Crippen LogP contribution in [0.15, 0.2) is 0 Å². The van der Waals surface area contributed by atoms with Crippen LogP contribution >= 0.6 is 0 Å². The largest absolute Gasteiger partial charge is 0.381 e. The van der Waals surface area contributed by atoms with Gasteiger partial charge in [0, 0.05) is 17.9 Å². The van der Waals surface area contributed by atoms with Crippen molar-refractivity contribution >= 4 is 5.78 Å². The Balaban J connectivity index is 1.99. The summed E-state index contributed by atoms with van der Waals surface area (Å²) in [4.78, 5) is 11.0. The zero-order valence-corrected chi connectivity index (χ0v) is 6.93. The molecule has 0 radical (unpaired) electrons. The third-order valence-corrected chi connectivity index (χ3v) is 3.03. The highest BCUT2D eigenvalue weighted by molar-refractivity contribution is 5.82. The van der Waals surface area contributed by atoms with Gasteiger partial charge in [0.05, 0.1) is 6.61 Å². The van der Waals surface area contributed by atoms with Crippen molar-refractivity contribution in [2.75, 3.05) is 13.2 Å². The number of carbonyl (C=O) groups is 1. The molecular formula is C9H14O2. The fourth-order valence-electron chi connectivity index (χ4n) is 2.23. The van der Waals surface area contributed by atoms with Crippen LogP contribution in [0.2, 0.25) is 0 Å². The second-order valence-electron chi connectivity index (χ2n) is 3.89. The van der Waals surface area contributed by atoms with Gasteiger partial charge in [-0.2, -0.15) is 0 Å². The quantitative estimate of drug-likeness (QED) is 0.570. The van der Waals surface area contributed by atoms with E-state index in [0.717, 1.165) is 26.1 Å². The number of hydrogen-bond donors (Lipinski definition) is 0. The minimum Gasteiger partial charge on any atom is -0.381 e. The predicted molar refractivity (Wildman–Crippen MR) is 41.3 cm³/mol. The molecule has 11 heavy (non-hydrogen) atoms. The van der Waals surface area contributed by atoms with Crippen LogP contribution < -0.4 is 0 Å². The van der Waals surface area contributed by atoms with Gasteiger partial charge in [-0.15, -0.1) is 0 Å². The summed E-state index contributed by atoms with van der Waals surface area (Å²) in [7, 11) is 0. The first-order valence-corrected chi connectivity index (χ1v) is 4.33. The zero-order valence-electron chi connectivity index (χ0n) is 6.93. The van der Waals surface area contributed by atoms with Gasteiger partial charge in [-0.05, 0) is 26.2 Å². The van der Waals surface area contributed by atoms with E-state index < -0.39 is 0 Å². The van der Waals surface area contributed by atoms with Gasteiger partial charge in [-0.1, -0.05) is 0 Å². The molecule has 1 aliphatic carbocycles. The Morgan fingerprint density at radius 3 is 2.91 bits per heavy atom. The number of ketones is 1. The summed E-state index contributed by atoms with van der Waals surface area (Å²) in [5.74, 6) is 0.693. The Morgan fingerprint density at radius 2 is 2.45 bits per heavy atom. The molecule has 2 nitrogen and oxygen atoms in total. The fraction of sp³-hybridized carbons (Fsp3) is 0.889. The van der Waals surface area contributed by atoms with Crippen molar-refractivity contribution in [1.29, 1.82) is 0 Å². The molecule has 0 aromatic rings. The van der Waals surface area contributed by atoms with Crippen LogP contribution in [0, 0.1) is 11.3 Å². The lowest BCUT2D eigenvalue weighted by Crippen LogP contribution is -2.22. The third-order valence-electron chi connectivity index (χ3n) is 3.03. The average Bonchev–Trinajstić information content (AvgIpc) is 2.66. The minimum absolute atomic E-state index is 0.296. The summed E-state index contributed by atoms with van der Waals surface area (Å²) in [6, 6.07) is 0. The maximum atomic E-state index is 11.0. The molecule has 0 amide bonds. The number of hydrogen-bond acceptors (Lipinski definition) is 2. The van der Waals surface area contributed by atoms with Crippen molar-refractivity contribution in [3.63, 3.8) is 0 Å². The highest BCUT2D eigenvalue weighted by Gasteiger charge is 2.56. The summed E-state index contributed by atoms with van der Waals surface area (Å²) in [6.45, 7) is 3.43. The number of rotatable bonds is 1. The van der Waals surface area contributed by atoms with Crippen molar-refractivity contribution in [2.24, 2.45) is 11.3 Å². The molecule has 2 fully saturated rings. The first kappa shape index (κ1) is 7.29. The first-order chi connectivity index (χ1) is 5.25. The van der Waals surface area contributed by atoms with E-state index in [4.69, 9.17) is 4.74 Å². The summed E-state index contributed by atoms with van der Waals surface area (Å²) in [5, 5.41) is 0. The molecule has 2 rings (SSSR count). The number of Topliss-reactive ketones (excluding diaryl/α,β-unsaturated/α-hetero) is 1. The van der Waals surface area contributed by atoms with Crippen LogP contribution in [0.4, 0.5) is 0 Å². The van der Waals surface area contributed by atoms with E-state index in [-0.39, 0.29) is 0 Å². The molecule has 1 spiro atoms. The minimum atomic E-state index is 0.296. The van der Waals surface area contributed by atoms with Crippen LogP contribution in [0.5, 0.6) is 0 Å². The second-order valence-corrected chi connectivity index (χ2v) is 3.89. The smallest absolute Gasteiger partial charge is 0.133 e. The molecule has 1 saturated carbocycles. The molecule has 1 heterocycles. The molecule has 2 unspecified atom stereocenters. The van der Waals surface area contributed by atoms with Crippen LogP contribution in [0.25, 0.3) is 0 Å². The summed E-state index contributed by atoms with van der Waals surface area (Å²) < 4.78 is 5.38. The van der Waals surface area contributed by atoms with E-state index >= 15 is 0 Å². The Morgan fingerprint density at radius 1 is 1.64 bits per heavy atom. The van der Waals surface area contributed by atoms with Gasteiger partial charge in [-0.3, -0.25) is 4.79 Å². The maximum Gasteiger partial charge on any atom is 0.133 e. The molecule has 0 aromatic carbocycles. The van der Waals surface area contributed by atoms with Gasteiger partial charge in [0.15, 0.2) is 0 Å². The molecule has 0 bridgehead atoms. The first-order valence-electron chi connectivity index (χ1n) is 4.33. The molecule has 1 saturated heterocycles. The third kappa shape index (κ3) is 1.09. The van der Waals surface area contributed by atoms with E-state index in [0.29, 0.717) is 17.1 Å². The van der Waals surface area contributed by atoms with Crippen LogP contribution in [0.1, 0.15) is 26.2 Å². The Hall–Kier alpha value is -0.370. The van der Waals surface area contributed by atoms with Crippen molar-refractivity contribution in [2.45, 2.75) is 26.2 Å². The van der Waals surface area contributed by atoms with Crippen molar-refractivity contribution < 1.29 is 9.53 Å². The number of carbonyl (C=O) groups excluding carboxylic acids is 1. The average molecular weight is 154 g/mol. The van der Waals surface area contributed by atoms with Crippen LogP contribution in [-0.4, -0.2) is 19.0 Å². The fourth-order valence-corrected chi connectivity index (χ4v) is 2.23. The lowest BCUT2D eigenvalue weighted by atomic mass is 9.95.